The van der Waals surface area contributed by atoms with E-state index in [4.69, 9.17) is 4.74 Å². The van der Waals surface area contributed by atoms with E-state index in [-0.39, 0.29) is 5.91 Å². The fourth-order valence-electron chi connectivity index (χ4n) is 3.38. The molecule has 2 fully saturated rings. The third-order valence-corrected chi connectivity index (χ3v) is 4.78. The molecule has 0 bridgehead atoms. The van der Waals surface area contributed by atoms with Crippen molar-refractivity contribution in [2.75, 3.05) is 50.8 Å². The highest BCUT2D eigenvalue weighted by Gasteiger charge is 2.22. The van der Waals surface area contributed by atoms with Crippen molar-refractivity contribution >= 4 is 11.6 Å². The minimum Gasteiger partial charge on any atom is -0.381 e. The number of hydrogen-bond acceptors (Lipinski definition) is 4. The number of nitrogens with zero attached hydrogens (tertiary/aromatic N) is 2. The molecule has 126 valence electrons. The van der Waals surface area contributed by atoms with Crippen molar-refractivity contribution < 1.29 is 9.53 Å². The lowest BCUT2D eigenvalue weighted by molar-refractivity contribution is -0.123. The number of anilines is 1. The second-order valence-electron chi connectivity index (χ2n) is 6.50. The molecule has 0 atom stereocenters. The molecule has 0 radical (unpaired) electrons. The van der Waals surface area contributed by atoms with Gasteiger partial charge < -0.3 is 15.0 Å². The molecule has 1 amide bonds. The second kappa shape index (κ2) is 7.79. The molecule has 5 nitrogen and oxygen atoms in total. The van der Waals surface area contributed by atoms with Gasteiger partial charge in [-0.05, 0) is 31.4 Å². The first-order chi connectivity index (χ1) is 11.2. The highest BCUT2D eigenvalue weighted by Crippen LogP contribution is 2.20. The van der Waals surface area contributed by atoms with E-state index >= 15 is 0 Å². The van der Waals surface area contributed by atoms with Crippen LogP contribution in [-0.2, 0) is 9.53 Å². The van der Waals surface area contributed by atoms with Gasteiger partial charge in [-0.25, -0.2) is 0 Å². The standard InChI is InChI=1S/C18H27N3O2/c1-15-4-2-3-5-17(15)21-10-8-20(9-11-21)14-18(22)19-16-6-12-23-13-7-16/h2-5,16H,6-14H2,1H3,(H,19,22). The van der Waals surface area contributed by atoms with Crippen LogP contribution < -0.4 is 10.2 Å². The molecule has 1 N–H and O–H groups in total. The summed E-state index contributed by atoms with van der Waals surface area (Å²) in [6.45, 7) is 8.04. The van der Waals surface area contributed by atoms with Crippen molar-refractivity contribution in [3.05, 3.63) is 29.8 Å². The summed E-state index contributed by atoms with van der Waals surface area (Å²) in [5.74, 6) is 0.154. The lowest BCUT2D eigenvalue weighted by atomic mass is 10.1. The van der Waals surface area contributed by atoms with Crippen LogP contribution in [0.3, 0.4) is 0 Å². The SMILES string of the molecule is Cc1ccccc1N1CCN(CC(=O)NC2CCOCC2)CC1. The zero-order valence-corrected chi connectivity index (χ0v) is 14.0. The van der Waals surface area contributed by atoms with Gasteiger partial charge in [0.05, 0.1) is 6.54 Å². The number of amides is 1. The lowest BCUT2D eigenvalue weighted by Gasteiger charge is -2.36. The Balaban J connectivity index is 1.44. The van der Waals surface area contributed by atoms with Crippen molar-refractivity contribution in [1.82, 2.24) is 10.2 Å². The van der Waals surface area contributed by atoms with Crippen LogP contribution in [0.1, 0.15) is 18.4 Å². The lowest BCUT2D eigenvalue weighted by Crippen LogP contribution is -2.51. The van der Waals surface area contributed by atoms with Gasteiger partial charge in [0.25, 0.3) is 0 Å². The Morgan fingerprint density at radius 3 is 2.57 bits per heavy atom. The van der Waals surface area contributed by atoms with Gasteiger partial charge in [-0.2, -0.15) is 0 Å². The van der Waals surface area contributed by atoms with E-state index in [2.05, 4.69) is 46.3 Å². The molecule has 3 rings (SSSR count). The fraction of sp³-hybridized carbons (Fsp3) is 0.611. The monoisotopic (exact) mass is 317 g/mol. The Morgan fingerprint density at radius 2 is 1.87 bits per heavy atom. The number of aryl methyl sites for hydroxylation is 1. The number of para-hydroxylation sites is 1. The predicted octanol–water partition coefficient (Wildman–Crippen LogP) is 1.41. The number of piperazine rings is 1. The van der Waals surface area contributed by atoms with E-state index in [1.165, 1.54) is 11.3 Å². The minimum atomic E-state index is 0.154. The van der Waals surface area contributed by atoms with Crippen molar-refractivity contribution in [2.45, 2.75) is 25.8 Å². The highest BCUT2D eigenvalue weighted by atomic mass is 16.5. The molecule has 2 aliphatic heterocycles. The Labute approximate surface area is 138 Å². The highest BCUT2D eigenvalue weighted by molar-refractivity contribution is 5.78. The van der Waals surface area contributed by atoms with Gasteiger partial charge in [0.1, 0.15) is 0 Å². The Bertz CT molecular complexity index is 521. The quantitative estimate of drug-likeness (QED) is 0.912. The summed E-state index contributed by atoms with van der Waals surface area (Å²) in [4.78, 5) is 16.9. The molecular formula is C18H27N3O2. The van der Waals surface area contributed by atoms with Crippen LogP contribution in [0.4, 0.5) is 5.69 Å². The van der Waals surface area contributed by atoms with E-state index in [1.807, 2.05) is 0 Å². The van der Waals surface area contributed by atoms with Gasteiger partial charge in [-0.3, -0.25) is 9.69 Å². The maximum atomic E-state index is 12.2. The zero-order chi connectivity index (χ0) is 16.1. The number of carbonyl (C=O) groups excluding carboxylic acids is 1. The first-order valence-electron chi connectivity index (χ1n) is 8.62. The number of nitrogens with one attached hydrogen (secondary N) is 1. The Kier molecular flexibility index (Phi) is 5.51. The Hall–Kier alpha value is -1.59. The summed E-state index contributed by atoms with van der Waals surface area (Å²) in [7, 11) is 0. The van der Waals surface area contributed by atoms with Crippen LogP contribution >= 0.6 is 0 Å². The number of hydrogen-bond donors (Lipinski definition) is 1. The molecule has 2 heterocycles. The largest absolute Gasteiger partial charge is 0.381 e. The van der Waals surface area contributed by atoms with Gasteiger partial charge >= 0.3 is 0 Å². The molecule has 2 aliphatic rings. The van der Waals surface area contributed by atoms with Crippen LogP contribution in [0.15, 0.2) is 24.3 Å². The molecule has 0 saturated carbocycles. The molecule has 23 heavy (non-hydrogen) atoms. The molecule has 0 spiro atoms. The first kappa shape index (κ1) is 16.3. The summed E-state index contributed by atoms with van der Waals surface area (Å²) in [5, 5.41) is 3.14. The van der Waals surface area contributed by atoms with Gasteiger partial charge in [-0.15, -0.1) is 0 Å². The van der Waals surface area contributed by atoms with Crippen LogP contribution in [-0.4, -0.2) is 62.8 Å². The molecule has 0 unspecified atom stereocenters. The van der Waals surface area contributed by atoms with Gasteiger partial charge in [-0.1, -0.05) is 18.2 Å². The van der Waals surface area contributed by atoms with Crippen molar-refractivity contribution in [3.63, 3.8) is 0 Å². The normalized spacial score (nSPS) is 20.5. The van der Waals surface area contributed by atoms with Gasteiger partial charge in [0.15, 0.2) is 0 Å². The average Bonchev–Trinajstić information content (AvgIpc) is 2.57. The van der Waals surface area contributed by atoms with E-state index < -0.39 is 0 Å². The zero-order valence-electron chi connectivity index (χ0n) is 14.0. The first-order valence-corrected chi connectivity index (χ1v) is 8.62. The summed E-state index contributed by atoms with van der Waals surface area (Å²) in [6.07, 6.45) is 1.87. The smallest absolute Gasteiger partial charge is 0.234 e. The summed E-state index contributed by atoms with van der Waals surface area (Å²) < 4.78 is 5.33. The number of rotatable bonds is 4. The van der Waals surface area contributed by atoms with Crippen molar-refractivity contribution in [2.24, 2.45) is 0 Å². The molecule has 1 aromatic carbocycles. The van der Waals surface area contributed by atoms with E-state index in [0.717, 1.165) is 52.2 Å². The molecule has 2 saturated heterocycles. The van der Waals surface area contributed by atoms with Crippen LogP contribution in [0.2, 0.25) is 0 Å². The van der Waals surface area contributed by atoms with E-state index in [0.29, 0.717) is 12.6 Å². The van der Waals surface area contributed by atoms with Gasteiger partial charge in [0, 0.05) is 51.1 Å². The number of ether oxygens (including phenoxy) is 1. The van der Waals surface area contributed by atoms with Crippen LogP contribution in [0.5, 0.6) is 0 Å². The summed E-state index contributed by atoms with van der Waals surface area (Å²) in [6, 6.07) is 8.81. The molecule has 0 aromatic heterocycles. The van der Waals surface area contributed by atoms with Crippen molar-refractivity contribution in [1.29, 1.82) is 0 Å². The molecule has 0 aliphatic carbocycles. The molecular weight excluding hydrogens is 290 g/mol. The molecule has 1 aromatic rings. The summed E-state index contributed by atoms with van der Waals surface area (Å²) in [5.41, 5.74) is 2.64. The number of benzene rings is 1. The van der Waals surface area contributed by atoms with Crippen molar-refractivity contribution in [3.8, 4) is 0 Å². The van der Waals surface area contributed by atoms with Crippen LogP contribution in [0.25, 0.3) is 0 Å². The fourth-order valence-corrected chi connectivity index (χ4v) is 3.38. The van der Waals surface area contributed by atoms with E-state index in [9.17, 15) is 4.79 Å². The second-order valence-corrected chi connectivity index (χ2v) is 6.50. The third-order valence-electron chi connectivity index (χ3n) is 4.78. The average molecular weight is 317 g/mol. The van der Waals surface area contributed by atoms with Gasteiger partial charge in [0.2, 0.25) is 5.91 Å². The third kappa shape index (κ3) is 4.45. The minimum absolute atomic E-state index is 0.154. The maximum absolute atomic E-state index is 12.2. The predicted molar refractivity (Wildman–Crippen MR) is 91.8 cm³/mol. The summed E-state index contributed by atoms with van der Waals surface area (Å²) >= 11 is 0. The number of carbonyl (C=O) groups is 1. The van der Waals surface area contributed by atoms with E-state index in [1.54, 1.807) is 0 Å². The topological polar surface area (TPSA) is 44.8 Å². The van der Waals surface area contributed by atoms with Crippen LogP contribution in [0, 0.1) is 6.92 Å². The Morgan fingerprint density at radius 1 is 1.17 bits per heavy atom. The molecule has 5 heteroatoms. The maximum Gasteiger partial charge on any atom is 0.234 e.